The quantitative estimate of drug-likeness (QED) is 0.808. The molecule has 1 saturated carbocycles. The first-order chi connectivity index (χ1) is 9.74. The third-order valence-corrected chi connectivity index (χ3v) is 4.85. The fraction of sp³-hybridized carbons (Fsp3) is 0.429. The van der Waals surface area contributed by atoms with Crippen LogP contribution in [0.2, 0.25) is 10.0 Å². The van der Waals surface area contributed by atoms with Gasteiger partial charge in [-0.2, -0.15) is 0 Å². The van der Waals surface area contributed by atoms with Gasteiger partial charge in [-0.1, -0.05) is 40.6 Å². The summed E-state index contributed by atoms with van der Waals surface area (Å²) in [5.74, 6) is 0. The van der Waals surface area contributed by atoms with E-state index in [1.807, 2.05) is 18.2 Å². The fourth-order valence-electron chi connectivity index (χ4n) is 1.99. The summed E-state index contributed by atoms with van der Waals surface area (Å²) in [4.78, 5) is 0. The first kappa shape index (κ1) is 14.3. The molecule has 0 aliphatic heterocycles. The van der Waals surface area contributed by atoms with Crippen molar-refractivity contribution in [3.8, 4) is 10.6 Å². The zero-order valence-corrected chi connectivity index (χ0v) is 13.2. The zero-order valence-electron chi connectivity index (χ0n) is 10.9. The van der Waals surface area contributed by atoms with E-state index >= 15 is 0 Å². The van der Waals surface area contributed by atoms with Crippen molar-refractivity contribution >= 4 is 34.5 Å². The van der Waals surface area contributed by atoms with E-state index in [0.29, 0.717) is 10.0 Å². The van der Waals surface area contributed by atoms with E-state index in [0.717, 1.165) is 41.0 Å². The summed E-state index contributed by atoms with van der Waals surface area (Å²) in [7, 11) is 0. The first-order valence-electron chi connectivity index (χ1n) is 6.74. The lowest BCUT2D eigenvalue weighted by molar-refractivity contribution is 0.643. The summed E-state index contributed by atoms with van der Waals surface area (Å²) in [5.41, 5.74) is 0.788. The van der Waals surface area contributed by atoms with Crippen molar-refractivity contribution in [2.45, 2.75) is 31.7 Å². The van der Waals surface area contributed by atoms with Crippen molar-refractivity contribution in [2.24, 2.45) is 0 Å². The molecule has 1 aromatic carbocycles. The minimum atomic E-state index is 0.621. The molecule has 1 fully saturated rings. The molecule has 0 unspecified atom stereocenters. The van der Waals surface area contributed by atoms with Crippen molar-refractivity contribution in [2.75, 3.05) is 6.54 Å². The highest BCUT2D eigenvalue weighted by molar-refractivity contribution is 7.14. The Kier molecular flexibility index (Phi) is 4.56. The highest BCUT2D eigenvalue weighted by Crippen LogP contribution is 2.36. The van der Waals surface area contributed by atoms with Crippen LogP contribution in [0.1, 0.15) is 24.3 Å². The van der Waals surface area contributed by atoms with Crippen molar-refractivity contribution in [1.82, 2.24) is 15.5 Å². The molecule has 0 atom stereocenters. The monoisotopic (exact) mass is 327 g/mol. The highest BCUT2D eigenvalue weighted by atomic mass is 35.5. The van der Waals surface area contributed by atoms with Crippen molar-refractivity contribution in [3.05, 3.63) is 33.3 Å². The van der Waals surface area contributed by atoms with Crippen molar-refractivity contribution in [3.63, 3.8) is 0 Å². The van der Waals surface area contributed by atoms with Crippen LogP contribution in [0.3, 0.4) is 0 Å². The van der Waals surface area contributed by atoms with Gasteiger partial charge in [0.15, 0.2) is 5.01 Å². The maximum Gasteiger partial charge on any atom is 0.150 e. The smallest absolute Gasteiger partial charge is 0.150 e. The first-order valence-corrected chi connectivity index (χ1v) is 8.31. The SMILES string of the molecule is Clc1cccc(Cl)c1-c1nnc(CCCNC2CC2)s1. The Balaban J connectivity index is 1.63. The third-order valence-electron chi connectivity index (χ3n) is 3.22. The van der Waals surface area contributed by atoms with Gasteiger partial charge in [-0.3, -0.25) is 0 Å². The van der Waals surface area contributed by atoms with Crippen molar-refractivity contribution < 1.29 is 0 Å². The van der Waals surface area contributed by atoms with Gasteiger partial charge in [0.2, 0.25) is 0 Å². The highest BCUT2D eigenvalue weighted by Gasteiger charge is 2.19. The minimum absolute atomic E-state index is 0.621. The Labute approximate surface area is 132 Å². The lowest BCUT2D eigenvalue weighted by Crippen LogP contribution is -2.17. The number of hydrogen-bond acceptors (Lipinski definition) is 4. The van der Waals surface area contributed by atoms with E-state index < -0.39 is 0 Å². The molecule has 1 N–H and O–H groups in total. The van der Waals surface area contributed by atoms with Crippen LogP contribution in [0.5, 0.6) is 0 Å². The van der Waals surface area contributed by atoms with Gasteiger partial charge < -0.3 is 5.32 Å². The summed E-state index contributed by atoms with van der Waals surface area (Å²) < 4.78 is 0. The molecule has 1 aromatic heterocycles. The van der Waals surface area contributed by atoms with Crippen LogP contribution in [0.15, 0.2) is 18.2 Å². The maximum absolute atomic E-state index is 6.19. The number of hydrogen-bond donors (Lipinski definition) is 1. The Bertz CT molecular complexity index is 576. The van der Waals surface area contributed by atoms with E-state index in [1.54, 1.807) is 11.3 Å². The standard InChI is InChI=1S/C14H15Cl2N3S/c15-10-3-1-4-11(16)13(10)14-19-18-12(20-14)5-2-8-17-9-6-7-9/h1,3-4,9,17H,2,5-8H2. The molecule has 0 amide bonds. The molecule has 106 valence electrons. The van der Waals surface area contributed by atoms with E-state index in [9.17, 15) is 0 Å². The normalized spacial score (nSPS) is 14.7. The lowest BCUT2D eigenvalue weighted by Gasteiger charge is -2.01. The molecule has 1 heterocycles. The third kappa shape index (κ3) is 3.50. The van der Waals surface area contributed by atoms with Crippen LogP contribution in [-0.2, 0) is 6.42 Å². The molecule has 2 aromatic rings. The molecule has 20 heavy (non-hydrogen) atoms. The summed E-state index contributed by atoms with van der Waals surface area (Å²) in [5, 5.41) is 15.0. The largest absolute Gasteiger partial charge is 0.314 e. The summed E-state index contributed by atoms with van der Waals surface area (Å²) in [6.45, 7) is 1.05. The second-order valence-electron chi connectivity index (χ2n) is 4.93. The van der Waals surface area contributed by atoms with Crippen LogP contribution >= 0.6 is 34.5 Å². The molecule has 0 spiro atoms. The van der Waals surface area contributed by atoms with E-state index in [-0.39, 0.29) is 0 Å². The molecular weight excluding hydrogens is 313 g/mol. The number of aryl methyl sites for hydroxylation is 1. The molecule has 3 nitrogen and oxygen atoms in total. The van der Waals surface area contributed by atoms with Gasteiger partial charge in [-0.25, -0.2) is 0 Å². The molecule has 0 bridgehead atoms. The molecule has 3 rings (SSSR count). The van der Waals surface area contributed by atoms with Crippen LogP contribution < -0.4 is 5.32 Å². The molecule has 0 radical (unpaired) electrons. The van der Waals surface area contributed by atoms with E-state index in [4.69, 9.17) is 23.2 Å². The topological polar surface area (TPSA) is 37.8 Å². The fourth-order valence-corrected chi connectivity index (χ4v) is 3.63. The Morgan fingerprint density at radius 3 is 2.65 bits per heavy atom. The molecule has 6 heteroatoms. The van der Waals surface area contributed by atoms with Gasteiger partial charge in [-0.05, 0) is 37.9 Å². The average molecular weight is 328 g/mol. The second kappa shape index (κ2) is 6.39. The van der Waals surface area contributed by atoms with Gasteiger partial charge in [0.25, 0.3) is 0 Å². The Morgan fingerprint density at radius 1 is 1.20 bits per heavy atom. The van der Waals surface area contributed by atoms with Gasteiger partial charge in [-0.15, -0.1) is 10.2 Å². The summed E-state index contributed by atoms with van der Waals surface area (Å²) in [6.07, 6.45) is 4.68. The van der Waals surface area contributed by atoms with E-state index in [1.165, 1.54) is 12.8 Å². The summed E-state index contributed by atoms with van der Waals surface area (Å²) >= 11 is 13.9. The maximum atomic E-state index is 6.19. The zero-order chi connectivity index (χ0) is 13.9. The average Bonchev–Trinajstić information content (AvgIpc) is 3.13. The Morgan fingerprint density at radius 2 is 1.95 bits per heavy atom. The van der Waals surface area contributed by atoms with Gasteiger partial charge in [0.05, 0.1) is 10.0 Å². The van der Waals surface area contributed by atoms with Gasteiger partial charge in [0.1, 0.15) is 5.01 Å². The van der Waals surface area contributed by atoms with Gasteiger partial charge in [0, 0.05) is 18.0 Å². The van der Waals surface area contributed by atoms with Crippen molar-refractivity contribution in [1.29, 1.82) is 0 Å². The van der Waals surface area contributed by atoms with Crippen LogP contribution in [0.25, 0.3) is 10.6 Å². The molecular formula is C14H15Cl2N3S. The van der Waals surface area contributed by atoms with Crippen LogP contribution in [0, 0.1) is 0 Å². The Hall–Kier alpha value is -0.680. The number of nitrogens with zero attached hydrogens (tertiary/aromatic N) is 2. The molecule has 0 saturated heterocycles. The minimum Gasteiger partial charge on any atom is -0.314 e. The number of benzene rings is 1. The second-order valence-corrected chi connectivity index (χ2v) is 6.81. The lowest BCUT2D eigenvalue weighted by atomic mass is 10.2. The van der Waals surface area contributed by atoms with Crippen LogP contribution in [0.4, 0.5) is 0 Å². The number of halogens is 2. The number of nitrogens with one attached hydrogen (secondary N) is 1. The molecule has 1 aliphatic rings. The predicted octanol–water partition coefficient (Wildman–Crippen LogP) is 4.20. The predicted molar refractivity (Wildman–Crippen MR) is 84.7 cm³/mol. The van der Waals surface area contributed by atoms with Gasteiger partial charge >= 0.3 is 0 Å². The molecule has 1 aliphatic carbocycles. The summed E-state index contributed by atoms with van der Waals surface area (Å²) in [6, 6.07) is 6.24. The number of rotatable bonds is 6. The van der Waals surface area contributed by atoms with Crippen LogP contribution in [-0.4, -0.2) is 22.8 Å². The number of aromatic nitrogens is 2. The van der Waals surface area contributed by atoms with E-state index in [2.05, 4.69) is 15.5 Å².